The van der Waals surface area contributed by atoms with Gasteiger partial charge in [0.2, 0.25) is 17.6 Å². The number of aromatic nitrogens is 3. The number of rotatable bonds is 11. The first kappa shape index (κ1) is 43.2. The third kappa shape index (κ3) is 12.2. The largest absolute Gasteiger partial charge is 0.483 e. The molecular weight excluding hydrogens is 732 g/mol. The monoisotopic (exact) mass is 774 g/mol. The van der Waals surface area contributed by atoms with Gasteiger partial charge in [-0.2, -0.15) is 4.39 Å². The fourth-order valence-electron chi connectivity index (χ4n) is 4.55. The minimum Gasteiger partial charge on any atom is -0.483 e. The predicted molar refractivity (Wildman–Crippen MR) is 194 cm³/mol. The SMILES string of the molecule is CN(C)C(=O)/C=C/CCCC(=O)Nc1cccn(Cc2nc3c(OCc4ccc(F)cc4F)c(F)c(F)cc3n2C(=O)OC(C)(C)C)c1=O.CN(C)C(=O)O. The molecule has 2 heterocycles. The summed E-state index contributed by atoms with van der Waals surface area (Å²) in [6.07, 6.45) is 3.41. The van der Waals surface area contributed by atoms with E-state index in [1.54, 1.807) is 40.9 Å². The smallest absolute Gasteiger partial charge is 0.420 e. The van der Waals surface area contributed by atoms with Gasteiger partial charge in [0.25, 0.3) is 5.56 Å². The third-order valence-electron chi connectivity index (χ3n) is 7.30. The molecule has 18 heteroatoms. The number of hydrogen-bond donors (Lipinski definition) is 2. The van der Waals surface area contributed by atoms with E-state index in [9.17, 15) is 37.1 Å². The van der Waals surface area contributed by atoms with Crippen molar-refractivity contribution >= 4 is 40.7 Å². The van der Waals surface area contributed by atoms with E-state index >= 15 is 4.39 Å². The van der Waals surface area contributed by atoms with Crippen LogP contribution in [0.3, 0.4) is 0 Å². The maximum Gasteiger partial charge on any atom is 0.420 e. The standard InChI is InChI=1S/C34H35F4N5O6.C3H7NO2/c1-34(2,3)49-33(47)43-25-17-23(37)29(38)31(48-19-20-13-14-21(35)16-22(20)36)30(25)40-26(43)18-42-15-9-10-24(32(42)46)39-27(44)11-7-6-8-12-28(45)41(4)5;1-4(2)3(5)6/h8-10,12-17H,6-7,11,18-19H2,1-5H3,(H,39,44);1-2H3,(H,5,6)/b12-8+;. The van der Waals surface area contributed by atoms with Gasteiger partial charge in [0, 0.05) is 58.5 Å². The summed E-state index contributed by atoms with van der Waals surface area (Å²) in [5, 5.41) is 10.5. The maximum absolute atomic E-state index is 15.1. The number of carboxylic acid groups (broad SMARTS) is 1. The summed E-state index contributed by atoms with van der Waals surface area (Å²) in [5.74, 6) is -6.29. The first-order valence-electron chi connectivity index (χ1n) is 16.7. The van der Waals surface area contributed by atoms with Crippen LogP contribution in [0.1, 0.15) is 51.4 Å². The Morgan fingerprint density at radius 3 is 2.25 bits per heavy atom. The highest BCUT2D eigenvalue weighted by molar-refractivity contribution is 5.92. The molecule has 2 aromatic carbocycles. The number of halogens is 4. The number of carbonyl (C=O) groups is 4. The number of anilines is 1. The number of hydrogen-bond acceptors (Lipinski definition) is 8. The molecular formula is C37H42F4N6O8. The highest BCUT2D eigenvalue weighted by Crippen LogP contribution is 2.33. The molecule has 0 atom stereocenters. The van der Waals surface area contributed by atoms with Crippen LogP contribution in [-0.4, -0.2) is 86.8 Å². The van der Waals surface area contributed by atoms with Crippen LogP contribution in [0.15, 0.2) is 59.5 Å². The van der Waals surface area contributed by atoms with E-state index in [0.717, 1.165) is 26.2 Å². The predicted octanol–water partition coefficient (Wildman–Crippen LogP) is 6.14. The second-order valence-corrected chi connectivity index (χ2v) is 13.3. The average Bonchev–Trinajstić information content (AvgIpc) is 3.43. The van der Waals surface area contributed by atoms with Crippen LogP contribution < -0.4 is 15.6 Å². The van der Waals surface area contributed by atoms with Gasteiger partial charge < -0.3 is 34.3 Å². The van der Waals surface area contributed by atoms with Gasteiger partial charge in [-0.25, -0.2) is 32.3 Å². The number of nitrogens with one attached hydrogen (secondary N) is 1. The Hall–Kier alpha value is -6.20. The lowest BCUT2D eigenvalue weighted by molar-refractivity contribution is -0.123. The van der Waals surface area contributed by atoms with Crippen LogP contribution in [0.4, 0.5) is 32.8 Å². The number of nitrogens with zero attached hydrogens (tertiary/aromatic N) is 5. The first-order chi connectivity index (χ1) is 25.7. The molecule has 4 aromatic rings. The van der Waals surface area contributed by atoms with Gasteiger partial charge in [0.15, 0.2) is 11.6 Å². The zero-order chi connectivity index (χ0) is 41.2. The van der Waals surface area contributed by atoms with Gasteiger partial charge in [-0.3, -0.25) is 14.4 Å². The fourth-order valence-corrected chi connectivity index (χ4v) is 4.55. The number of carbonyl (C=O) groups excluding carboxylic acids is 3. The zero-order valence-electron chi connectivity index (χ0n) is 31.3. The van der Waals surface area contributed by atoms with E-state index in [1.165, 1.54) is 43.4 Å². The molecule has 0 spiro atoms. The Morgan fingerprint density at radius 2 is 1.65 bits per heavy atom. The summed E-state index contributed by atoms with van der Waals surface area (Å²) >= 11 is 0. The maximum atomic E-state index is 15.1. The minimum absolute atomic E-state index is 0.0605. The lowest BCUT2D eigenvalue weighted by atomic mass is 10.2. The van der Waals surface area contributed by atoms with Crippen molar-refractivity contribution in [2.45, 2.75) is 58.8 Å². The minimum atomic E-state index is -1.47. The second kappa shape index (κ2) is 18.7. The van der Waals surface area contributed by atoms with Crippen molar-refractivity contribution < 1.29 is 51.3 Å². The molecule has 0 fully saturated rings. The normalized spacial score (nSPS) is 11.2. The van der Waals surface area contributed by atoms with Gasteiger partial charge in [0.05, 0.1) is 12.1 Å². The Labute approximate surface area is 313 Å². The first-order valence-corrected chi connectivity index (χ1v) is 16.7. The van der Waals surface area contributed by atoms with Crippen LogP contribution in [0.25, 0.3) is 11.0 Å². The summed E-state index contributed by atoms with van der Waals surface area (Å²) in [6, 6.07) is 6.22. The Balaban J connectivity index is 0.00000125. The van der Waals surface area contributed by atoms with Crippen LogP contribution in [0.5, 0.6) is 5.75 Å². The third-order valence-corrected chi connectivity index (χ3v) is 7.30. The molecule has 0 radical (unpaired) electrons. The van der Waals surface area contributed by atoms with E-state index in [4.69, 9.17) is 14.6 Å². The van der Waals surface area contributed by atoms with E-state index in [-0.39, 0.29) is 40.4 Å². The molecule has 0 unspecified atom stereocenters. The Morgan fingerprint density at radius 1 is 0.982 bits per heavy atom. The Kier molecular flexibility index (Phi) is 14.7. The molecule has 3 amide bonds. The van der Waals surface area contributed by atoms with E-state index in [1.807, 2.05) is 0 Å². The van der Waals surface area contributed by atoms with Crippen molar-refractivity contribution in [3.05, 3.63) is 99.8 Å². The second-order valence-electron chi connectivity index (χ2n) is 13.3. The highest BCUT2D eigenvalue weighted by atomic mass is 19.2. The molecule has 0 aliphatic heterocycles. The number of ether oxygens (including phenoxy) is 2. The number of amides is 3. The van der Waals surface area contributed by atoms with E-state index in [2.05, 4.69) is 10.3 Å². The average molecular weight is 775 g/mol. The molecule has 296 valence electrons. The number of benzene rings is 2. The zero-order valence-corrected chi connectivity index (χ0v) is 31.3. The fraction of sp³-hybridized carbons (Fsp3) is 0.351. The van der Waals surface area contributed by atoms with Crippen molar-refractivity contribution in [2.75, 3.05) is 33.5 Å². The summed E-state index contributed by atoms with van der Waals surface area (Å²) < 4.78 is 70.7. The van der Waals surface area contributed by atoms with Crippen LogP contribution >= 0.6 is 0 Å². The summed E-state index contributed by atoms with van der Waals surface area (Å²) in [7, 11) is 6.18. The Bertz CT molecular complexity index is 2140. The number of pyridine rings is 1. The van der Waals surface area contributed by atoms with Crippen LogP contribution in [0, 0.1) is 23.3 Å². The summed E-state index contributed by atoms with van der Waals surface area (Å²) in [5.41, 5.74) is -2.53. The van der Waals surface area contributed by atoms with Gasteiger partial charge >= 0.3 is 12.2 Å². The van der Waals surface area contributed by atoms with Crippen molar-refractivity contribution in [2.24, 2.45) is 0 Å². The molecule has 0 bridgehead atoms. The van der Waals surface area contributed by atoms with Gasteiger partial charge in [-0.05, 0) is 64.0 Å². The number of allylic oxidation sites excluding steroid dienone is 1. The molecule has 55 heavy (non-hydrogen) atoms. The number of unbranched alkanes of at least 4 members (excludes halogenated alkanes) is 1. The number of imidazole rings is 1. The van der Waals surface area contributed by atoms with Crippen LogP contribution in [-0.2, 0) is 27.5 Å². The lowest BCUT2D eigenvalue weighted by Crippen LogP contribution is -2.30. The van der Waals surface area contributed by atoms with Crippen molar-refractivity contribution in [3.8, 4) is 5.75 Å². The molecule has 4 rings (SSSR count). The summed E-state index contributed by atoms with van der Waals surface area (Å²) in [4.78, 5) is 67.4. The van der Waals surface area contributed by atoms with E-state index < -0.39 is 71.4 Å². The lowest BCUT2D eigenvalue weighted by Gasteiger charge is -2.20. The highest BCUT2D eigenvalue weighted by Gasteiger charge is 2.28. The van der Waals surface area contributed by atoms with Crippen molar-refractivity contribution in [1.82, 2.24) is 23.9 Å². The number of likely N-dealkylation sites (N-methyl/N-ethyl adjacent to an activating group) is 1. The molecule has 14 nitrogen and oxygen atoms in total. The number of fused-ring (bicyclic) bond motifs is 1. The quantitative estimate of drug-likeness (QED) is 0.103. The van der Waals surface area contributed by atoms with Crippen molar-refractivity contribution in [3.63, 3.8) is 0 Å². The van der Waals surface area contributed by atoms with Crippen LogP contribution in [0.2, 0.25) is 0 Å². The van der Waals surface area contributed by atoms with Gasteiger partial charge in [0.1, 0.15) is 40.9 Å². The van der Waals surface area contributed by atoms with Gasteiger partial charge in [-0.1, -0.05) is 6.08 Å². The van der Waals surface area contributed by atoms with Gasteiger partial charge in [-0.15, -0.1) is 0 Å². The topological polar surface area (TPSA) is 165 Å². The summed E-state index contributed by atoms with van der Waals surface area (Å²) in [6.45, 7) is 3.71. The molecule has 0 saturated carbocycles. The molecule has 0 aliphatic carbocycles. The molecule has 0 saturated heterocycles. The van der Waals surface area contributed by atoms with E-state index in [0.29, 0.717) is 25.0 Å². The molecule has 0 aliphatic rings. The van der Waals surface area contributed by atoms with Crippen molar-refractivity contribution in [1.29, 1.82) is 0 Å². The molecule has 2 aromatic heterocycles. The molecule has 2 N–H and O–H groups in total.